The number of fused-ring (bicyclic) bond motifs is 1. The molecular formula is C22H25ClN2O3. The third-order valence-corrected chi connectivity index (χ3v) is 6.06. The molecule has 5 nitrogen and oxygen atoms in total. The number of nitrogens with two attached hydrogens (primary N) is 1. The summed E-state index contributed by atoms with van der Waals surface area (Å²) in [5, 5.41) is 0.685. The third-order valence-electron chi connectivity index (χ3n) is 5.81. The number of amides is 1. The predicted octanol–water partition coefficient (Wildman–Crippen LogP) is 3.94. The molecule has 1 atom stereocenters. The van der Waals surface area contributed by atoms with Gasteiger partial charge in [-0.05, 0) is 69.3 Å². The number of benzene rings is 2. The van der Waals surface area contributed by atoms with E-state index in [2.05, 4.69) is 11.8 Å². The van der Waals surface area contributed by atoms with Crippen molar-refractivity contribution in [2.45, 2.75) is 38.0 Å². The molecule has 0 radical (unpaired) electrons. The normalized spacial score (nSPS) is 20.1. The van der Waals surface area contributed by atoms with Gasteiger partial charge in [0.1, 0.15) is 0 Å². The highest BCUT2D eigenvalue weighted by molar-refractivity contribution is 6.30. The van der Waals surface area contributed by atoms with Gasteiger partial charge in [0.25, 0.3) is 5.79 Å². The maximum absolute atomic E-state index is 11.3. The lowest BCUT2D eigenvalue weighted by Gasteiger charge is -2.42. The van der Waals surface area contributed by atoms with Gasteiger partial charge in [-0.2, -0.15) is 0 Å². The zero-order chi connectivity index (χ0) is 19.7. The van der Waals surface area contributed by atoms with Crippen LogP contribution in [0.5, 0.6) is 11.5 Å². The molecule has 28 heavy (non-hydrogen) atoms. The number of rotatable bonds is 5. The summed E-state index contributed by atoms with van der Waals surface area (Å²) in [6.07, 6.45) is 2.19. The number of para-hydroxylation sites is 2. The van der Waals surface area contributed by atoms with Crippen LogP contribution in [0.3, 0.4) is 0 Å². The van der Waals surface area contributed by atoms with E-state index in [4.69, 9.17) is 26.8 Å². The lowest BCUT2D eigenvalue weighted by atomic mass is 9.83. The second-order valence-electron chi connectivity index (χ2n) is 7.65. The Hall–Kier alpha value is -2.24. The Morgan fingerprint density at radius 3 is 2.25 bits per heavy atom. The maximum atomic E-state index is 11.3. The largest absolute Gasteiger partial charge is 0.444 e. The van der Waals surface area contributed by atoms with Crippen molar-refractivity contribution in [2.75, 3.05) is 13.1 Å². The molecule has 0 bridgehead atoms. The van der Waals surface area contributed by atoms with Crippen molar-refractivity contribution in [3.8, 4) is 11.5 Å². The Morgan fingerprint density at radius 1 is 1.14 bits per heavy atom. The van der Waals surface area contributed by atoms with Crippen LogP contribution in [0.1, 0.15) is 31.7 Å². The number of hydrogen-bond acceptors (Lipinski definition) is 4. The van der Waals surface area contributed by atoms with Crippen LogP contribution in [0.2, 0.25) is 5.02 Å². The molecule has 148 valence electrons. The van der Waals surface area contributed by atoms with Crippen molar-refractivity contribution in [2.24, 2.45) is 11.7 Å². The SMILES string of the molecule is CC(CC(N)=O)N1CCC(C2(c3ccc(Cl)cc3)Oc3ccccc3O2)CC1. The third kappa shape index (κ3) is 3.56. The topological polar surface area (TPSA) is 64.8 Å². The average molecular weight is 401 g/mol. The number of carbonyl (C=O) groups is 1. The number of nitrogens with zero attached hydrogens (tertiary/aromatic N) is 1. The Bertz CT molecular complexity index is 822. The van der Waals surface area contributed by atoms with Crippen LogP contribution in [-0.2, 0) is 10.6 Å². The highest BCUT2D eigenvalue weighted by atomic mass is 35.5. The number of ether oxygens (including phenoxy) is 2. The first kappa shape index (κ1) is 19.1. The molecule has 4 rings (SSSR count). The minimum Gasteiger partial charge on any atom is -0.444 e. The maximum Gasteiger partial charge on any atom is 0.281 e. The van der Waals surface area contributed by atoms with Crippen molar-refractivity contribution < 1.29 is 14.3 Å². The molecule has 6 heteroatoms. The Morgan fingerprint density at radius 2 is 1.71 bits per heavy atom. The molecule has 2 aliphatic heterocycles. The van der Waals surface area contributed by atoms with Gasteiger partial charge in [-0.25, -0.2) is 0 Å². The molecule has 1 fully saturated rings. The summed E-state index contributed by atoms with van der Waals surface area (Å²) in [6, 6.07) is 15.6. The van der Waals surface area contributed by atoms with Crippen molar-refractivity contribution in [1.29, 1.82) is 0 Å². The predicted molar refractivity (Wildman–Crippen MR) is 108 cm³/mol. The summed E-state index contributed by atoms with van der Waals surface area (Å²) in [4.78, 5) is 13.6. The van der Waals surface area contributed by atoms with Crippen molar-refractivity contribution in [3.05, 3.63) is 59.1 Å². The molecule has 0 aliphatic carbocycles. The summed E-state index contributed by atoms with van der Waals surface area (Å²) < 4.78 is 12.9. The van der Waals surface area contributed by atoms with Crippen LogP contribution >= 0.6 is 11.6 Å². The van der Waals surface area contributed by atoms with Crippen LogP contribution in [0.4, 0.5) is 0 Å². The summed E-state index contributed by atoms with van der Waals surface area (Å²) in [5.74, 6) is 0.597. The van der Waals surface area contributed by atoms with Crippen LogP contribution in [0.25, 0.3) is 0 Å². The molecule has 2 aromatic rings. The van der Waals surface area contributed by atoms with E-state index in [1.54, 1.807) is 0 Å². The molecule has 2 aromatic carbocycles. The number of hydrogen-bond donors (Lipinski definition) is 1. The Kier molecular flexibility index (Phi) is 5.21. The van der Waals surface area contributed by atoms with E-state index in [0.717, 1.165) is 43.0 Å². The Balaban J connectivity index is 1.58. The van der Waals surface area contributed by atoms with E-state index in [-0.39, 0.29) is 17.9 Å². The molecule has 2 heterocycles. The van der Waals surface area contributed by atoms with Gasteiger partial charge in [0.15, 0.2) is 11.5 Å². The lowest BCUT2D eigenvalue weighted by Crippen LogP contribution is -2.50. The van der Waals surface area contributed by atoms with Crippen LogP contribution < -0.4 is 15.2 Å². The van der Waals surface area contributed by atoms with Crippen molar-refractivity contribution >= 4 is 17.5 Å². The van der Waals surface area contributed by atoms with Gasteiger partial charge in [-0.15, -0.1) is 0 Å². The minimum atomic E-state index is -0.854. The highest BCUT2D eigenvalue weighted by Gasteiger charge is 2.51. The molecule has 0 saturated carbocycles. The van der Waals surface area contributed by atoms with Gasteiger partial charge in [-0.3, -0.25) is 4.79 Å². The first-order valence-corrected chi connectivity index (χ1v) is 10.1. The van der Waals surface area contributed by atoms with E-state index in [0.29, 0.717) is 11.4 Å². The summed E-state index contributed by atoms with van der Waals surface area (Å²) in [5.41, 5.74) is 6.34. The second-order valence-corrected chi connectivity index (χ2v) is 8.09. The minimum absolute atomic E-state index is 0.146. The van der Waals surface area contributed by atoms with Crippen LogP contribution in [-0.4, -0.2) is 29.9 Å². The molecule has 2 aliphatic rings. The molecule has 0 spiro atoms. The number of halogens is 1. The van der Waals surface area contributed by atoms with Gasteiger partial charge < -0.3 is 20.1 Å². The van der Waals surface area contributed by atoms with Gasteiger partial charge in [0.2, 0.25) is 5.91 Å². The molecule has 0 aromatic heterocycles. The first-order valence-electron chi connectivity index (χ1n) is 9.73. The quantitative estimate of drug-likeness (QED) is 0.825. The fourth-order valence-corrected chi connectivity index (χ4v) is 4.44. The van der Waals surface area contributed by atoms with Gasteiger partial charge in [-0.1, -0.05) is 23.7 Å². The number of primary amides is 1. The first-order chi connectivity index (χ1) is 13.5. The standard InChI is InChI=1S/C22H25ClN2O3/c1-15(14-21(24)26)25-12-10-17(11-13-25)22(16-6-8-18(23)9-7-16)27-19-4-2-3-5-20(19)28-22/h2-9,15,17H,10-14H2,1H3,(H2,24,26). The molecule has 2 N–H and O–H groups in total. The smallest absolute Gasteiger partial charge is 0.281 e. The van der Waals surface area contributed by atoms with E-state index in [1.807, 2.05) is 48.5 Å². The lowest BCUT2D eigenvalue weighted by molar-refractivity contribution is -0.150. The van der Waals surface area contributed by atoms with Gasteiger partial charge in [0.05, 0.1) is 0 Å². The summed E-state index contributed by atoms with van der Waals surface area (Å²) >= 11 is 6.11. The molecular weight excluding hydrogens is 376 g/mol. The Labute approximate surface area is 170 Å². The van der Waals surface area contributed by atoms with Gasteiger partial charge >= 0.3 is 0 Å². The van der Waals surface area contributed by atoms with Crippen molar-refractivity contribution in [3.63, 3.8) is 0 Å². The fourth-order valence-electron chi connectivity index (χ4n) is 4.31. The zero-order valence-corrected chi connectivity index (χ0v) is 16.7. The van der Waals surface area contributed by atoms with E-state index in [1.165, 1.54) is 0 Å². The van der Waals surface area contributed by atoms with E-state index >= 15 is 0 Å². The average Bonchev–Trinajstić information content (AvgIpc) is 3.09. The number of carbonyl (C=O) groups excluding carboxylic acids is 1. The summed E-state index contributed by atoms with van der Waals surface area (Å²) in [6.45, 7) is 3.80. The monoisotopic (exact) mass is 400 g/mol. The number of piperidine rings is 1. The van der Waals surface area contributed by atoms with E-state index in [9.17, 15) is 4.79 Å². The van der Waals surface area contributed by atoms with Gasteiger partial charge in [0, 0.05) is 29.0 Å². The molecule has 1 unspecified atom stereocenters. The van der Waals surface area contributed by atoms with E-state index < -0.39 is 5.79 Å². The molecule has 1 amide bonds. The second kappa shape index (κ2) is 7.64. The number of likely N-dealkylation sites (tertiary alicyclic amines) is 1. The van der Waals surface area contributed by atoms with Crippen LogP contribution in [0.15, 0.2) is 48.5 Å². The summed E-state index contributed by atoms with van der Waals surface area (Å²) in [7, 11) is 0. The fraction of sp³-hybridized carbons (Fsp3) is 0.409. The highest BCUT2D eigenvalue weighted by Crippen LogP contribution is 2.50. The zero-order valence-electron chi connectivity index (χ0n) is 15.9. The van der Waals surface area contributed by atoms with Crippen LogP contribution in [0, 0.1) is 5.92 Å². The van der Waals surface area contributed by atoms with Crippen molar-refractivity contribution in [1.82, 2.24) is 4.90 Å². The molecule has 1 saturated heterocycles.